The van der Waals surface area contributed by atoms with Gasteiger partial charge in [-0.1, -0.05) is 117 Å². The highest BCUT2D eigenvalue weighted by Gasteiger charge is 2.36. The van der Waals surface area contributed by atoms with E-state index in [-0.39, 0.29) is 0 Å². The number of unbranched alkanes of at least 4 members (excludes halogenated alkanes) is 13. The minimum Gasteiger partial charge on any atom is -0.377 e. The first-order chi connectivity index (χ1) is 13.6. The normalized spacial score (nSPS) is 13.2. The fraction of sp³-hybridized carbons (Fsp3) is 1.00. The van der Waals surface area contributed by atoms with Gasteiger partial charge in [-0.2, -0.15) is 0 Å². The van der Waals surface area contributed by atoms with Crippen LogP contribution in [0, 0.1) is 5.92 Å². The third kappa shape index (κ3) is 16.0. The van der Waals surface area contributed by atoms with E-state index in [1.54, 1.807) is 21.3 Å². The van der Waals surface area contributed by atoms with Gasteiger partial charge >= 0.3 is 8.80 Å². The van der Waals surface area contributed by atoms with Crippen molar-refractivity contribution in [1.82, 2.24) is 0 Å². The summed E-state index contributed by atoms with van der Waals surface area (Å²) in [5.41, 5.74) is 0. The average molecular weight is 417 g/mol. The van der Waals surface area contributed by atoms with Crippen molar-refractivity contribution >= 4 is 8.80 Å². The summed E-state index contributed by atoms with van der Waals surface area (Å²) in [5.74, 6) is 0.801. The molecule has 0 N–H and O–H groups in total. The molecule has 4 heteroatoms. The van der Waals surface area contributed by atoms with Gasteiger partial charge in [0.15, 0.2) is 0 Å². The highest BCUT2D eigenvalue weighted by molar-refractivity contribution is 6.60. The fourth-order valence-corrected chi connectivity index (χ4v) is 5.80. The van der Waals surface area contributed by atoms with E-state index in [0.717, 1.165) is 18.4 Å². The minimum absolute atomic E-state index is 0.801. The minimum atomic E-state index is -2.36. The summed E-state index contributed by atoms with van der Waals surface area (Å²) in [6.07, 6.45) is 23.9. The van der Waals surface area contributed by atoms with Gasteiger partial charge in [-0.15, -0.1) is 0 Å². The maximum Gasteiger partial charge on any atom is 0.500 e. The first-order valence-electron chi connectivity index (χ1n) is 12.3. The van der Waals surface area contributed by atoms with Gasteiger partial charge in [0.2, 0.25) is 0 Å². The molecule has 0 aromatic heterocycles. The maximum atomic E-state index is 5.50. The molecule has 3 nitrogen and oxygen atoms in total. The van der Waals surface area contributed by atoms with Crippen LogP contribution in [0.3, 0.4) is 0 Å². The van der Waals surface area contributed by atoms with Crippen LogP contribution in [0.1, 0.15) is 123 Å². The highest BCUT2D eigenvalue weighted by Crippen LogP contribution is 2.22. The molecule has 0 amide bonds. The van der Waals surface area contributed by atoms with Gasteiger partial charge in [0.25, 0.3) is 0 Å². The number of hydrogen-bond donors (Lipinski definition) is 0. The summed E-state index contributed by atoms with van der Waals surface area (Å²) in [6, 6.07) is 0.930. The predicted molar refractivity (Wildman–Crippen MR) is 125 cm³/mol. The van der Waals surface area contributed by atoms with Crippen molar-refractivity contribution in [3.05, 3.63) is 0 Å². The quantitative estimate of drug-likeness (QED) is 0.132. The zero-order chi connectivity index (χ0) is 20.9. The highest BCUT2D eigenvalue weighted by atomic mass is 28.4. The maximum absolute atomic E-state index is 5.50. The van der Waals surface area contributed by atoms with Gasteiger partial charge in [0, 0.05) is 27.4 Å². The molecule has 1 unspecified atom stereocenters. The predicted octanol–water partition coefficient (Wildman–Crippen LogP) is 8.15. The molecular weight excluding hydrogens is 364 g/mol. The van der Waals surface area contributed by atoms with E-state index >= 15 is 0 Å². The third-order valence-corrected chi connectivity index (χ3v) is 9.00. The van der Waals surface area contributed by atoms with Crippen molar-refractivity contribution in [3.8, 4) is 0 Å². The second-order valence-electron chi connectivity index (χ2n) is 8.68. The molecule has 0 fully saturated rings. The Labute approximate surface area is 178 Å². The van der Waals surface area contributed by atoms with Gasteiger partial charge < -0.3 is 13.3 Å². The van der Waals surface area contributed by atoms with Crippen LogP contribution in [-0.4, -0.2) is 30.1 Å². The Hall–Kier alpha value is 0.0969. The molecule has 0 rings (SSSR count). The molecule has 28 heavy (non-hydrogen) atoms. The summed E-state index contributed by atoms with van der Waals surface area (Å²) >= 11 is 0. The standard InChI is InChI=1S/C24H52O3Si/c1-6-7-8-9-10-11-12-13-14-15-16-17-18-19-21-24(2)22-20-23-28(25-3,26-4)27-5/h24H,6-23H2,1-5H3. The van der Waals surface area contributed by atoms with Gasteiger partial charge in [-0.25, -0.2) is 0 Å². The van der Waals surface area contributed by atoms with Crippen LogP contribution in [-0.2, 0) is 13.3 Å². The summed E-state index contributed by atoms with van der Waals surface area (Å²) in [5, 5.41) is 0. The molecule has 0 saturated carbocycles. The molecule has 0 saturated heterocycles. The smallest absolute Gasteiger partial charge is 0.377 e. The van der Waals surface area contributed by atoms with Crippen LogP contribution >= 0.6 is 0 Å². The lowest BCUT2D eigenvalue weighted by Crippen LogP contribution is -2.42. The van der Waals surface area contributed by atoms with Crippen molar-refractivity contribution in [2.45, 2.75) is 129 Å². The lowest BCUT2D eigenvalue weighted by atomic mass is 9.97. The van der Waals surface area contributed by atoms with E-state index in [0.29, 0.717) is 0 Å². The van der Waals surface area contributed by atoms with E-state index in [9.17, 15) is 0 Å². The first kappa shape index (κ1) is 28.1. The summed E-state index contributed by atoms with van der Waals surface area (Å²) in [6.45, 7) is 4.68. The van der Waals surface area contributed by atoms with Crippen LogP contribution in [0.2, 0.25) is 6.04 Å². The molecule has 0 aromatic rings. The van der Waals surface area contributed by atoms with E-state index in [2.05, 4.69) is 13.8 Å². The molecule has 1 atom stereocenters. The molecule has 0 aliphatic carbocycles. The van der Waals surface area contributed by atoms with E-state index in [1.165, 1.54) is 103 Å². The van der Waals surface area contributed by atoms with E-state index < -0.39 is 8.80 Å². The lowest BCUT2D eigenvalue weighted by Gasteiger charge is -2.24. The average Bonchev–Trinajstić information content (AvgIpc) is 2.72. The van der Waals surface area contributed by atoms with Crippen LogP contribution in [0.15, 0.2) is 0 Å². The third-order valence-electron chi connectivity index (χ3n) is 6.16. The second kappa shape index (κ2) is 20.4. The summed E-state index contributed by atoms with van der Waals surface area (Å²) < 4.78 is 16.5. The lowest BCUT2D eigenvalue weighted by molar-refractivity contribution is 0.122. The Bertz CT molecular complexity index is 300. The molecule has 0 bridgehead atoms. The Balaban J connectivity index is 3.35. The molecule has 0 heterocycles. The zero-order valence-corrected chi connectivity index (χ0v) is 21.0. The fourth-order valence-electron chi connectivity index (χ4n) is 4.05. The molecule has 0 aromatic carbocycles. The van der Waals surface area contributed by atoms with Gasteiger partial charge in [0.1, 0.15) is 0 Å². The van der Waals surface area contributed by atoms with Crippen molar-refractivity contribution in [3.63, 3.8) is 0 Å². The van der Waals surface area contributed by atoms with Crippen LogP contribution in [0.25, 0.3) is 0 Å². The monoisotopic (exact) mass is 416 g/mol. The topological polar surface area (TPSA) is 27.7 Å². The van der Waals surface area contributed by atoms with Crippen molar-refractivity contribution in [1.29, 1.82) is 0 Å². The van der Waals surface area contributed by atoms with E-state index in [4.69, 9.17) is 13.3 Å². The first-order valence-corrected chi connectivity index (χ1v) is 14.2. The summed E-state index contributed by atoms with van der Waals surface area (Å²) in [7, 11) is 2.76. The van der Waals surface area contributed by atoms with Gasteiger partial charge in [-0.3, -0.25) is 0 Å². The van der Waals surface area contributed by atoms with Gasteiger partial charge in [0.05, 0.1) is 0 Å². The molecule has 0 radical (unpaired) electrons. The Morgan fingerprint density at radius 2 is 0.893 bits per heavy atom. The number of rotatable bonds is 22. The molecule has 170 valence electrons. The van der Waals surface area contributed by atoms with Crippen molar-refractivity contribution in [2.24, 2.45) is 5.92 Å². The largest absolute Gasteiger partial charge is 0.500 e. The zero-order valence-electron chi connectivity index (χ0n) is 20.0. The van der Waals surface area contributed by atoms with Crippen molar-refractivity contribution in [2.75, 3.05) is 21.3 Å². The molecule has 0 spiro atoms. The summed E-state index contributed by atoms with van der Waals surface area (Å²) in [4.78, 5) is 0. The SMILES string of the molecule is CCCCCCCCCCCCCCCCC(C)CCC[Si](OC)(OC)OC. The Morgan fingerprint density at radius 1 is 0.536 bits per heavy atom. The van der Waals surface area contributed by atoms with Crippen LogP contribution < -0.4 is 0 Å². The van der Waals surface area contributed by atoms with Crippen molar-refractivity contribution < 1.29 is 13.3 Å². The molecule has 0 aliphatic heterocycles. The van der Waals surface area contributed by atoms with Gasteiger partial charge in [-0.05, 0) is 12.3 Å². The number of hydrogen-bond acceptors (Lipinski definition) is 3. The van der Waals surface area contributed by atoms with E-state index in [1.807, 2.05) is 0 Å². The Kier molecular flexibility index (Phi) is 20.4. The van der Waals surface area contributed by atoms with Crippen LogP contribution in [0.4, 0.5) is 0 Å². The Morgan fingerprint density at radius 3 is 1.29 bits per heavy atom. The molecular formula is C24H52O3Si. The van der Waals surface area contributed by atoms with Crippen LogP contribution in [0.5, 0.6) is 0 Å². The second-order valence-corrected chi connectivity index (χ2v) is 11.8. The molecule has 0 aliphatic rings.